The van der Waals surface area contributed by atoms with Gasteiger partial charge in [0.05, 0.1) is 10.6 Å². The van der Waals surface area contributed by atoms with Gasteiger partial charge in [-0.2, -0.15) is 13.2 Å². The molecule has 3 aromatic rings. The van der Waals surface area contributed by atoms with Crippen molar-refractivity contribution in [3.8, 4) is 11.1 Å². The number of rotatable bonds is 4. The molecule has 0 fully saturated rings. The van der Waals surface area contributed by atoms with Crippen LogP contribution in [0.25, 0.3) is 16.7 Å². The maximum atomic E-state index is 13.1. The molecule has 2 nitrogen and oxygen atoms in total. The molecule has 0 atom stereocenters. The van der Waals surface area contributed by atoms with Crippen LogP contribution < -0.4 is 0 Å². The number of benzene rings is 2. The van der Waals surface area contributed by atoms with Gasteiger partial charge in [-0.05, 0) is 46.9 Å². The summed E-state index contributed by atoms with van der Waals surface area (Å²) in [6, 6.07) is 16.4. The first-order chi connectivity index (χ1) is 14.4. The van der Waals surface area contributed by atoms with Crippen molar-refractivity contribution in [2.45, 2.75) is 19.1 Å². The molecule has 1 aliphatic heterocycles. The molecule has 2 heterocycles. The highest BCUT2D eigenvalue weighted by molar-refractivity contribution is 6.31. The fraction of sp³-hybridized carbons (Fsp3) is 0.208. The molecule has 0 bridgehead atoms. The third-order valence-corrected chi connectivity index (χ3v) is 5.57. The molecule has 6 heteroatoms. The molecular weight excluding hydrogens is 409 g/mol. The number of aromatic nitrogens is 1. The van der Waals surface area contributed by atoms with Gasteiger partial charge in [-0.3, -0.25) is 9.88 Å². The Morgan fingerprint density at radius 3 is 2.43 bits per heavy atom. The number of pyridine rings is 1. The zero-order chi connectivity index (χ0) is 21.1. The normalized spacial score (nSPS) is 15.1. The van der Waals surface area contributed by atoms with Crippen molar-refractivity contribution in [2.24, 2.45) is 0 Å². The number of hydrogen-bond donors (Lipinski definition) is 0. The predicted molar refractivity (Wildman–Crippen MR) is 114 cm³/mol. The monoisotopic (exact) mass is 428 g/mol. The molecular formula is C24H20ClF3N2. The SMILES string of the molecule is FC(F)(F)c1cc(C2=CCN(Cc3cncc(-c4ccccc4)c3)CC2)ccc1Cl. The van der Waals surface area contributed by atoms with Gasteiger partial charge in [0.1, 0.15) is 0 Å². The molecule has 4 rings (SSSR count). The Morgan fingerprint density at radius 2 is 1.73 bits per heavy atom. The molecule has 1 aromatic heterocycles. The molecule has 30 heavy (non-hydrogen) atoms. The molecule has 0 radical (unpaired) electrons. The minimum atomic E-state index is -4.45. The van der Waals surface area contributed by atoms with E-state index in [1.165, 1.54) is 6.07 Å². The lowest BCUT2D eigenvalue weighted by atomic mass is 9.97. The summed E-state index contributed by atoms with van der Waals surface area (Å²) >= 11 is 5.74. The van der Waals surface area contributed by atoms with E-state index in [1.54, 1.807) is 6.07 Å². The Morgan fingerprint density at radius 1 is 0.933 bits per heavy atom. The zero-order valence-electron chi connectivity index (χ0n) is 16.2. The first kappa shape index (κ1) is 20.6. The maximum absolute atomic E-state index is 13.1. The molecule has 0 amide bonds. The van der Waals surface area contributed by atoms with Crippen LogP contribution in [0.4, 0.5) is 13.2 Å². The van der Waals surface area contributed by atoms with Crippen LogP contribution in [-0.4, -0.2) is 23.0 Å². The van der Waals surface area contributed by atoms with Gasteiger partial charge in [0.2, 0.25) is 0 Å². The van der Waals surface area contributed by atoms with Crippen molar-refractivity contribution in [2.75, 3.05) is 13.1 Å². The minimum Gasteiger partial charge on any atom is -0.295 e. The highest BCUT2D eigenvalue weighted by Gasteiger charge is 2.33. The van der Waals surface area contributed by atoms with E-state index in [4.69, 9.17) is 11.6 Å². The van der Waals surface area contributed by atoms with Crippen LogP contribution in [0.15, 0.2) is 73.1 Å². The Hall–Kier alpha value is -2.63. The molecule has 1 aliphatic rings. The van der Waals surface area contributed by atoms with Crippen molar-refractivity contribution in [1.29, 1.82) is 0 Å². The lowest BCUT2D eigenvalue weighted by Crippen LogP contribution is -2.28. The number of hydrogen-bond acceptors (Lipinski definition) is 2. The van der Waals surface area contributed by atoms with Crippen LogP contribution in [0.2, 0.25) is 5.02 Å². The fourth-order valence-corrected chi connectivity index (χ4v) is 3.90. The van der Waals surface area contributed by atoms with Gasteiger partial charge in [-0.1, -0.05) is 54.1 Å². The van der Waals surface area contributed by atoms with Gasteiger partial charge >= 0.3 is 6.18 Å². The molecule has 154 valence electrons. The topological polar surface area (TPSA) is 16.1 Å². The van der Waals surface area contributed by atoms with E-state index in [2.05, 4.69) is 28.1 Å². The summed E-state index contributed by atoms with van der Waals surface area (Å²) in [5.74, 6) is 0. The van der Waals surface area contributed by atoms with Crippen molar-refractivity contribution < 1.29 is 13.2 Å². The summed E-state index contributed by atoms with van der Waals surface area (Å²) < 4.78 is 39.4. The highest BCUT2D eigenvalue weighted by atomic mass is 35.5. The molecule has 0 unspecified atom stereocenters. The Kier molecular flexibility index (Phi) is 5.93. The van der Waals surface area contributed by atoms with Crippen LogP contribution in [0, 0.1) is 0 Å². The molecule has 0 N–H and O–H groups in total. The van der Waals surface area contributed by atoms with Gasteiger partial charge < -0.3 is 0 Å². The second-order valence-corrected chi connectivity index (χ2v) is 7.76. The Balaban J connectivity index is 1.46. The summed E-state index contributed by atoms with van der Waals surface area (Å²) in [6.07, 6.45) is 1.95. The third-order valence-electron chi connectivity index (χ3n) is 5.24. The van der Waals surface area contributed by atoms with Gasteiger partial charge in [-0.25, -0.2) is 0 Å². The second-order valence-electron chi connectivity index (χ2n) is 7.35. The lowest BCUT2D eigenvalue weighted by Gasteiger charge is -2.27. The molecule has 0 saturated carbocycles. The van der Waals surface area contributed by atoms with E-state index >= 15 is 0 Å². The largest absolute Gasteiger partial charge is 0.417 e. The van der Waals surface area contributed by atoms with E-state index in [0.717, 1.165) is 41.4 Å². The number of alkyl halides is 3. The van der Waals surface area contributed by atoms with Crippen LogP contribution in [0.1, 0.15) is 23.1 Å². The molecule has 0 aliphatic carbocycles. The van der Waals surface area contributed by atoms with Gasteiger partial charge in [0.25, 0.3) is 0 Å². The van der Waals surface area contributed by atoms with Crippen LogP contribution in [0.3, 0.4) is 0 Å². The molecule has 0 saturated heterocycles. The standard InChI is InChI=1S/C24H20ClF3N2/c25-23-7-6-20(13-22(23)24(26,27)28)19-8-10-30(11-9-19)16-17-12-21(15-29-14-17)18-4-2-1-3-5-18/h1-8,12-15H,9-11,16H2. The van der Waals surface area contributed by atoms with Gasteiger partial charge in [0, 0.05) is 37.6 Å². The zero-order valence-corrected chi connectivity index (χ0v) is 16.9. The first-order valence-corrected chi connectivity index (χ1v) is 10.1. The summed E-state index contributed by atoms with van der Waals surface area (Å²) in [5, 5.41) is -0.268. The molecule has 0 spiro atoms. The average Bonchev–Trinajstić information content (AvgIpc) is 2.75. The summed E-state index contributed by atoms with van der Waals surface area (Å²) in [6.45, 7) is 2.19. The predicted octanol–water partition coefficient (Wildman–Crippen LogP) is 6.71. The van der Waals surface area contributed by atoms with E-state index < -0.39 is 11.7 Å². The minimum absolute atomic E-state index is 0.268. The Bertz CT molecular complexity index is 1060. The van der Waals surface area contributed by atoms with Gasteiger partial charge in [0.15, 0.2) is 0 Å². The van der Waals surface area contributed by atoms with E-state index in [9.17, 15) is 13.2 Å². The van der Waals surface area contributed by atoms with E-state index in [0.29, 0.717) is 18.5 Å². The average molecular weight is 429 g/mol. The van der Waals surface area contributed by atoms with Crippen molar-refractivity contribution in [3.05, 3.63) is 94.8 Å². The maximum Gasteiger partial charge on any atom is 0.417 e. The summed E-state index contributed by atoms with van der Waals surface area (Å²) in [7, 11) is 0. The van der Waals surface area contributed by atoms with Crippen LogP contribution >= 0.6 is 11.6 Å². The third kappa shape index (κ3) is 4.74. The first-order valence-electron chi connectivity index (χ1n) is 9.68. The van der Waals surface area contributed by atoms with Gasteiger partial charge in [-0.15, -0.1) is 0 Å². The fourth-order valence-electron chi connectivity index (χ4n) is 3.68. The Labute approximate surface area is 178 Å². The quantitative estimate of drug-likeness (QED) is 0.459. The van der Waals surface area contributed by atoms with E-state index in [1.807, 2.05) is 36.7 Å². The van der Waals surface area contributed by atoms with Crippen LogP contribution in [-0.2, 0) is 12.7 Å². The summed E-state index contributed by atoms with van der Waals surface area (Å²) in [5.41, 5.74) is 4.02. The smallest absolute Gasteiger partial charge is 0.295 e. The van der Waals surface area contributed by atoms with Crippen molar-refractivity contribution in [3.63, 3.8) is 0 Å². The molecule has 2 aromatic carbocycles. The summed E-state index contributed by atoms with van der Waals surface area (Å²) in [4.78, 5) is 6.63. The van der Waals surface area contributed by atoms with Crippen molar-refractivity contribution >= 4 is 17.2 Å². The van der Waals surface area contributed by atoms with E-state index in [-0.39, 0.29) is 5.02 Å². The second kappa shape index (κ2) is 8.62. The number of nitrogens with zero attached hydrogens (tertiary/aromatic N) is 2. The lowest BCUT2D eigenvalue weighted by molar-refractivity contribution is -0.137. The number of halogens is 4. The highest BCUT2D eigenvalue weighted by Crippen LogP contribution is 2.37. The van der Waals surface area contributed by atoms with Crippen LogP contribution in [0.5, 0.6) is 0 Å². The van der Waals surface area contributed by atoms with Crippen molar-refractivity contribution in [1.82, 2.24) is 9.88 Å².